The highest BCUT2D eigenvalue weighted by Crippen LogP contribution is 2.23. The van der Waals surface area contributed by atoms with Crippen molar-refractivity contribution in [1.29, 1.82) is 0 Å². The summed E-state index contributed by atoms with van der Waals surface area (Å²) in [7, 11) is 0. The van der Waals surface area contributed by atoms with Gasteiger partial charge < -0.3 is 15.1 Å². The van der Waals surface area contributed by atoms with Crippen molar-refractivity contribution in [3.63, 3.8) is 0 Å². The number of amides is 2. The number of carbonyl (C=O) groups is 2. The SMILES string of the molecule is CC(=O)N1C/C(=N/OCc2ccc(Cl)c(Cl)c2)C[C@H]1C(=O)NCc1cccc2ccccc12. The van der Waals surface area contributed by atoms with E-state index in [2.05, 4.69) is 10.5 Å². The molecule has 1 fully saturated rings. The number of benzene rings is 3. The zero-order valence-electron chi connectivity index (χ0n) is 18.1. The van der Waals surface area contributed by atoms with Gasteiger partial charge in [0.25, 0.3) is 0 Å². The molecule has 1 heterocycles. The van der Waals surface area contributed by atoms with E-state index in [4.69, 9.17) is 28.0 Å². The van der Waals surface area contributed by atoms with Crippen LogP contribution in [0.1, 0.15) is 24.5 Å². The molecule has 3 aromatic carbocycles. The molecule has 1 N–H and O–H groups in total. The molecule has 1 aliphatic heterocycles. The van der Waals surface area contributed by atoms with Crippen LogP contribution < -0.4 is 5.32 Å². The molecule has 170 valence electrons. The highest BCUT2D eigenvalue weighted by molar-refractivity contribution is 6.42. The van der Waals surface area contributed by atoms with Crippen molar-refractivity contribution in [3.05, 3.63) is 81.8 Å². The van der Waals surface area contributed by atoms with Gasteiger partial charge in [0.1, 0.15) is 12.6 Å². The maximum Gasteiger partial charge on any atom is 0.243 e. The largest absolute Gasteiger partial charge is 0.391 e. The molecule has 1 atom stereocenters. The lowest BCUT2D eigenvalue weighted by Crippen LogP contribution is -2.44. The Morgan fingerprint density at radius 1 is 1.09 bits per heavy atom. The van der Waals surface area contributed by atoms with Crippen LogP contribution in [0.25, 0.3) is 10.8 Å². The number of nitrogens with zero attached hydrogens (tertiary/aromatic N) is 2. The van der Waals surface area contributed by atoms with Gasteiger partial charge >= 0.3 is 0 Å². The predicted octanol–water partition coefficient (Wildman–Crippen LogP) is 4.96. The van der Waals surface area contributed by atoms with E-state index in [1.807, 2.05) is 42.5 Å². The Balaban J connectivity index is 1.39. The second kappa shape index (κ2) is 10.2. The van der Waals surface area contributed by atoms with Crippen molar-refractivity contribution in [2.24, 2.45) is 5.16 Å². The summed E-state index contributed by atoms with van der Waals surface area (Å²) in [6.07, 6.45) is 0.322. The predicted molar refractivity (Wildman–Crippen MR) is 130 cm³/mol. The maximum absolute atomic E-state index is 13.0. The second-order valence-electron chi connectivity index (χ2n) is 7.90. The fourth-order valence-corrected chi connectivity index (χ4v) is 4.23. The van der Waals surface area contributed by atoms with Crippen molar-refractivity contribution >= 4 is 51.5 Å². The quantitative estimate of drug-likeness (QED) is 0.503. The molecular formula is C25H23Cl2N3O3. The lowest BCUT2D eigenvalue weighted by atomic mass is 10.0. The fourth-order valence-electron chi connectivity index (χ4n) is 3.91. The highest BCUT2D eigenvalue weighted by Gasteiger charge is 2.36. The summed E-state index contributed by atoms with van der Waals surface area (Å²) in [6, 6.07) is 18.6. The zero-order chi connectivity index (χ0) is 23.4. The Kier molecular flexibility index (Phi) is 7.16. The molecule has 8 heteroatoms. The molecule has 0 aliphatic carbocycles. The van der Waals surface area contributed by atoms with Crippen molar-refractivity contribution in [2.75, 3.05) is 6.54 Å². The average Bonchev–Trinajstić information content (AvgIpc) is 3.24. The van der Waals surface area contributed by atoms with E-state index in [9.17, 15) is 9.59 Å². The van der Waals surface area contributed by atoms with Gasteiger partial charge in [0.15, 0.2) is 0 Å². The van der Waals surface area contributed by atoms with Crippen LogP contribution in [0, 0.1) is 0 Å². The standard InChI is InChI=1S/C25H23Cl2N3O3/c1-16(31)30-14-20(29-33-15-17-9-10-22(26)23(27)11-17)12-24(30)25(32)28-13-19-7-4-6-18-5-2-3-8-21(18)19/h2-11,24H,12-15H2,1H3,(H,28,32)/b29-20+/t24-/m0/s1. The molecule has 0 bridgehead atoms. The molecule has 1 saturated heterocycles. The summed E-state index contributed by atoms with van der Waals surface area (Å²) in [5.41, 5.74) is 2.47. The average molecular weight is 484 g/mol. The van der Waals surface area contributed by atoms with Crippen LogP contribution in [-0.2, 0) is 27.6 Å². The van der Waals surface area contributed by atoms with Gasteiger partial charge in [-0.2, -0.15) is 0 Å². The van der Waals surface area contributed by atoms with Crippen LogP contribution in [0.4, 0.5) is 0 Å². The van der Waals surface area contributed by atoms with Crippen LogP contribution in [0.5, 0.6) is 0 Å². The number of halogens is 2. The first-order chi connectivity index (χ1) is 15.9. The molecule has 0 unspecified atom stereocenters. The summed E-state index contributed by atoms with van der Waals surface area (Å²) in [4.78, 5) is 32.1. The highest BCUT2D eigenvalue weighted by atomic mass is 35.5. The number of hydrogen-bond acceptors (Lipinski definition) is 4. The number of hydrogen-bond donors (Lipinski definition) is 1. The van der Waals surface area contributed by atoms with Gasteiger partial charge in [-0.3, -0.25) is 9.59 Å². The minimum Gasteiger partial charge on any atom is -0.391 e. The smallest absolute Gasteiger partial charge is 0.243 e. The normalized spacial score (nSPS) is 16.9. The molecule has 0 radical (unpaired) electrons. The van der Waals surface area contributed by atoms with Crippen LogP contribution in [-0.4, -0.2) is 35.0 Å². The van der Waals surface area contributed by atoms with E-state index in [-0.39, 0.29) is 25.0 Å². The lowest BCUT2D eigenvalue weighted by Gasteiger charge is -2.21. The second-order valence-corrected chi connectivity index (χ2v) is 8.72. The number of likely N-dealkylation sites (tertiary alicyclic amines) is 1. The Morgan fingerprint density at radius 2 is 1.88 bits per heavy atom. The van der Waals surface area contributed by atoms with Gasteiger partial charge in [0.2, 0.25) is 11.8 Å². The van der Waals surface area contributed by atoms with E-state index < -0.39 is 6.04 Å². The number of nitrogens with one attached hydrogen (secondary N) is 1. The molecule has 0 spiro atoms. The Bertz CT molecular complexity index is 1220. The monoisotopic (exact) mass is 483 g/mol. The maximum atomic E-state index is 13.0. The fraction of sp³-hybridized carbons (Fsp3) is 0.240. The van der Waals surface area contributed by atoms with Crippen LogP contribution >= 0.6 is 23.2 Å². The van der Waals surface area contributed by atoms with Crippen LogP contribution in [0.15, 0.2) is 65.8 Å². The third-order valence-electron chi connectivity index (χ3n) is 5.61. The number of fused-ring (bicyclic) bond motifs is 1. The van der Waals surface area contributed by atoms with Gasteiger partial charge in [-0.1, -0.05) is 76.9 Å². The van der Waals surface area contributed by atoms with E-state index in [0.29, 0.717) is 28.7 Å². The molecule has 1 aliphatic rings. The lowest BCUT2D eigenvalue weighted by molar-refractivity contribution is -0.136. The Hall–Kier alpha value is -3.09. The van der Waals surface area contributed by atoms with E-state index in [0.717, 1.165) is 21.9 Å². The van der Waals surface area contributed by atoms with Crippen LogP contribution in [0.2, 0.25) is 10.0 Å². The Morgan fingerprint density at radius 3 is 2.67 bits per heavy atom. The van der Waals surface area contributed by atoms with Crippen molar-refractivity contribution in [1.82, 2.24) is 10.2 Å². The first kappa shape index (κ1) is 23.1. The summed E-state index contributed by atoms with van der Waals surface area (Å²) in [6.45, 7) is 2.29. The van der Waals surface area contributed by atoms with Gasteiger partial charge in [-0.05, 0) is 34.0 Å². The molecular weight excluding hydrogens is 461 g/mol. The van der Waals surface area contributed by atoms with Crippen molar-refractivity contribution in [3.8, 4) is 0 Å². The summed E-state index contributed by atoms with van der Waals surface area (Å²) >= 11 is 11.9. The van der Waals surface area contributed by atoms with E-state index in [1.54, 1.807) is 18.2 Å². The van der Waals surface area contributed by atoms with Gasteiger partial charge in [-0.15, -0.1) is 0 Å². The number of oxime groups is 1. The van der Waals surface area contributed by atoms with Crippen molar-refractivity contribution in [2.45, 2.75) is 32.5 Å². The number of rotatable bonds is 6. The van der Waals surface area contributed by atoms with E-state index in [1.165, 1.54) is 11.8 Å². The van der Waals surface area contributed by atoms with Crippen LogP contribution in [0.3, 0.4) is 0 Å². The summed E-state index contributed by atoms with van der Waals surface area (Å²) in [5, 5.41) is 10.3. The zero-order valence-corrected chi connectivity index (χ0v) is 19.6. The summed E-state index contributed by atoms with van der Waals surface area (Å²) < 4.78 is 0. The third kappa shape index (κ3) is 5.46. The van der Waals surface area contributed by atoms with Crippen molar-refractivity contribution < 1.29 is 14.4 Å². The van der Waals surface area contributed by atoms with Gasteiger partial charge in [0.05, 0.1) is 22.3 Å². The summed E-state index contributed by atoms with van der Waals surface area (Å²) in [5.74, 6) is -0.400. The molecule has 4 rings (SSSR count). The molecule has 0 aromatic heterocycles. The van der Waals surface area contributed by atoms with E-state index >= 15 is 0 Å². The Labute approximate surface area is 202 Å². The van der Waals surface area contributed by atoms with Gasteiger partial charge in [-0.25, -0.2) is 0 Å². The first-order valence-electron chi connectivity index (χ1n) is 10.6. The minimum absolute atomic E-state index is 0.185. The molecule has 0 saturated carbocycles. The third-order valence-corrected chi connectivity index (χ3v) is 6.35. The van der Waals surface area contributed by atoms with Gasteiger partial charge in [0, 0.05) is 19.9 Å². The molecule has 3 aromatic rings. The topological polar surface area (TPSA) is 71.0 Å². The first-order valence-corrected chi connectivity index (χ1v) is 11.3. The minimum atomic E-state index is -0.621. The molecule has 6 nitrogen and oxygen atoms in total. The molecule has 2 amide bonds. The number of carbonyl (C=O) groups excluding carboxylic acids is 2. The molecule has 33 heavy (non-hydrogen) atoms.